The third kappa shape index (κ3) is 6.53. The van der Waals surface area contributed by atoms with Crippen LogP contribution in [-0.2, 0) is 20.8 Å². The molecule has 2 rings (SSSR count). The van der Waals surface area contributed by atoms with Crippen molar-refractivity contribution in [3.8, 4) is 5.75 Å². The molecule has 0 saturated carbocycles. The molecule has 1 aliphatic heterocycles. The maximum atomic E-state index is 10.6. The van der Waals surface area contributed by atoms with Gasteiger partial charge in [0, 0.05) is 14.7 Å². The topological polar surface area (TPSA) is 97.6 Å². The Morgan fingerprint density at radius 3 is 2.26 bits per heavy atom. The standard InChI is InChI=1S/C19H32O7Si/c1-23-14-7-5-13(6-8-14)12-25-18-16(21)15(11-20)26-19(17(18)22)24-9-10-27(2,3)4/h5-8,15-22H,9-12H2,1-4H3/t15-,16+,17-,18+,19-/m1/s1. The first-order valence-electron chi connectivity index (χ1n) is 9.24. The van der Waals surface area contributed by atoms with E-state index in [4.69, 9.17) is 18.9 Å². The highest BCUT2D eigenvalue weighted by Gasteiger charge is 2.45. The highest BCUT2D eigenvalue weighted by Crippen LogP contribution is 2.26. The van der Waals surface area contributed by atoms with E-state index < -0.39 is 38.8 Å². The molecule has 0 radical (unpaired) electrons. The lowest BCUT2D eigenvalue weighted by Crippen LogP contribution is -2.60. The van der Waals surface area contributed by atoms with Crippen molar-refractivity contribution in [1.82, 2.24) is 0 Å². The van der Waals surface area contributed by atoms with Crippen LogP contribution in [0.2, 0.25) is 25.7 Å². The van der Waals surface area contributed by atoms with Gasteiger partial charge in [0.15, 0.2) is 6.29 Å². The molecule has 1 aromatic rings. The van der Waals surface area contributed by atoms with E-state index >= 15 is 0 Å². The van der Waals surface area contributed by atoms with Crippen molar-refractivity contribution in [3.63, 3.8) is 0 Å². The molecule has 3 N–H and O–H groups in total. The minimum Gasteiger partial charge on any atom is -0.497 e. The predicted octanol–water partition coefficient (Wildman–Crippen LogP) is 1.37. The van der Waals surface area contributed by atoms with Crippen molar-refractivity contribution >= 4 is 8.07 Å². The third-order valence-corrected chi connectivity index (χ3v) is 6.26. The normalized spacial score (nSPS) is 28.9. The SMILES string of the molecule is COc1ccc(CO[C@H]2[C@@H](O)[C@@H](CO)O[C@@H](OCC[Si](C)(C)C)[C@@H]2O)cc1. The summed E-state index contributed by atoms with van der Waals surface area (Å²) in [6.07, 6.45) is -5.04. The van der Waals surface area contributed by atoms with Gasteiger partial charge in [0.2, 0.25) is 0 Å². The molecule has 1 aliphatic rings. The Bertz CT molecular complexity index is 560. The first kappa shape index (κ1) is 22.3. The molecule has 154 valence electrons. The molecule has 27 heavy (non-hydrogen) atoms. The Balaban J connectivity index is 1.98. The summed E-state index contributed by atoms with van der Waals surface area (Å²) >= 11 is 0. The minimum absolute atomic E-state index is 0.197. The van der Waals surface area contributed by atoms with Crippen molar-refractivity contribution < 1.29 is 34.3 Å². The summed E-state index contributed by atoms with van der Waals surface area (Å²) in [6, 6.07) is 8.25. The second-order valence-corrected chi connectivity index (χ2v) is 13.6. The van der Waals surface area contributed by atoms with E-state index in [1.807, 2.05) is 24.3 Å². The molecule has 1 aromatic carbocycles. The van der Waals surface area contributed by atoms with Crippen molar-refractivity contribution in [1.29, 1.82) is 0 Å². The van der Waals surface area contributed by atoms with Gasteiger partial charge in [-0.05, 0) is 23.7 Å². The smallest absolute Gasteiger partial charge is 0.186 e. The molecule has 1 heterocycles. The van der Waals surface area contributed by atoms with Gasteiger partial charge in [-0.2, -0.15) is 0 Å². The summed E-state index contributed by atoms with van der Waals surface area (Å²) in [5, 5.41) is 30.5. The summed E-state index contributed by atoms with van der Waals surface area (Å²) in [5.74, 6) is 0.737. The van der Waals surface area contributed by atoms with Crippen LogP contribution in [0.25, 0.3) is 0 Å². The van der Waals surface area contributed by atoms with E-state index in [1.54, 1.807) is 7.11 Å². The zero-order valence-corrected chi connectivity index (χ0v) is 17.5. The van der Waals surface area contributed by atoms with Gasteiger partial charge >= 0.3 is 0 Å². The van der Waals surface area contributed by atoms with E-state index in [2.05, 4.69) is 19.6 Å². The van der Waals surface area contributed by atoms with Crippen LogP contribution in [0, 0.1) is 0 Å². The van der Waals surface area contributed by atoms with Gasteiger partial charge in [-0.25, -0.2) is 0 Å². The fourth-order valence-electron chi connectivity index (χ4n) is 2.78. The summed E-state index contributed by atoms with van der Waals surface area (Å²) in [5.41, 5.74) is 0.874. The largest absolute Gasteiger partial charge is 0.497 e. The van der Waals surface area contributed by atoms with Gasteiger partial charge in [-0.15, -0.1) is 0 Å². The highest BCUT2D eigenvalue weighted by atomic mass is 28.3. The Labute approximate surface area is 161 Å². The summed E-state index contributed by atoms with van der Waals surface area (Å²) in [7, 11) is 0.306. The third-order valence-electron chi connectivity index (χ3n) is 4.56. The Morgan fingerprint density at radius 2 is 1.70 bits per heavy atom. The fourth-order valence-corrected chi connectivity index (χ4v) is 3.51. The second-order valence-electron chi connectivity index (χ2n) is 8.01. The molecule has 0 amide bonds. The van der Waals surface area contributed by atoms with E-state index in [0.717, 1.165) is 17.4 Å². The monoisotopic (exact) mass is 400 g/mol. The molecule has 8 heteroatoms. The summed E-state index contributed by atoms with van der Waals surface area (Å²) in [6.45, 7) is 6.96. The van der Waals surface area contributed by atoms with Crippen LogP contribution in [0.5, 0.6) is 5.75 Å². The average Bonchev–Trinajstić information content (AvgIpc) is 2.63. The van der Waals surface area contributed by atoms with Crippen molar-refractivity contribution in [3.05, 3.63) is 29.8 Å². The van der Waals surface area contributed by atoms with E-state index in [9.17, 15) is 15.3 Å². The molecular formula is C19H32O7Si. The van der Waals surface area contributed by atoms with E-state index in [-0.39, 0.29) is 13.2 Å². The molecule has 0 spiro atoms. The van der Waals surface area contributed by atoms with Crippen LogP contribution in [0.4, 0.5) is 0 Å². The summed E-state index contributed by atoms with van der Waals surface area (Å²) < 4.78 is 22.1. The molecule has 5 atom stereocenters. The first-order valence-corrected chi connectivity index (χ1v) is 12.9. The number of hydrogen-bond donors (Lipinski definition) is 3. The van der Waals surface area contributed by atoms with E-state index in [0.29, 0.717) is 6.61 Å². The molecule has 1 fully saturated rings. The van der Waals surface area contributed by atoms with Crippen LogP contribution < -0.4 is 4.74 Å². The van der Waals surface area contributed by atoms with Gasteiger partial charge in [0.25, 0.3) is 0 Å². The number of hydrogen-bond acceptors (Lipinski definition) is 7. The number of benzene rings is 1. The van der Waals surface area contributed by atoms with Crippen molar-refractivity contribution in [2.24, 2.45) is 0 Å². The Hall–Kier alpha value is -1.00. The molecule has 1 saturated heterocycles. The molecule has 0 aromatic heterocycles. The van der Waals surface area contributed by atoms with Crippen LogP contribution in [-0.4, -0.2) is 74.4 Å². The molecule has 0 aliphatic carbocycles. The first-order chi connectivity index (χ1) is 12.7. The highest BCUT2D eigenvalue weighted by molar-refractivity contribution is 6.76. The van der Waals surface area contributed by atoms with Gasteiger partial charge < -0.3 is 34.3 Å². The molecule has 0 bridgehead atoms. The number of aliphatic hydroxyl groups is 3. The zero-order valence-electron chi connectivity index (χ0n) is 16.5. The zero-order chi connectivity index (χ0) is 20.0. The quantitative estimate of drug-likeness (QED) is 0.539. The van der Waals surface area contributed by atoms with Gasteiger partial charge in [-0.1, -0.05) is 31.8 Å². The molecule has 0 unspecified atom stereocenters. The maximum Gasteiger partial charge on any atom is 0.186 e. The van der Waals surface area contributed by atoms with Crippen LogP contribution in [0.1, 0.15) is 5.56 Å². The van der Waals surface area contributed by atoms with Crippen molar-refractivity contribution in [2.45, 2.75) is 63.0 Å². The molecule has 7 nitrogen and oxygen atoms in total. The number of rotatable bonds is 9. The average molecular weight is 401 g/mol. The number of ether oxygens (including phenoxy) is 4. The molecular weight excluding hydrogens is 368 g/mol. The Kier molecular flexibility index (Phi) is 8.23. The maximum absolute atomic E-state index is 10.6. The lowest BCUT2D eigenvalue weighted by Gasteiger charge is -2.41. The Morgan fingerprint density at radius 1 is 1.04 bits per heavy atom. The second kappa shape index (κ2) is 9.97. The van der Waals surface area contributed by atoms with Crippen LogP contribution >= 0.6 is 0 Å². The van der Waals surface area contributed by atoms with Gasteiger partial charge in [0.05, 0.1) is 20.3 Å². The summed E-state index contributed by atoms with van der Waals surface area (Å²) in [4.78, 5) is 0. The van der Waals surface area contributed by atoms with Gasteiger partial charge in [-0.3, -0.25) is 0 Å². The fraction of sp³-hybridized carbons (Fsp3) is 0.684. The van der Waals surface area contributed by atoms with Crippen LogP contribution in [0.3, 0.4) is 0 Å². The van der Waals surface area contributed by atoms with Crippen LogP contribution in [0.15, 0.2) is 24.3 Å². The number of aliphatic hydroxyl groups excluding tert-OH is 3. The minimum atomic E-state index is -1.29. The van der Waals surface area contributed by atoms with Crippen molar-refractivity contribution in [2.75, 3.05) is 20.3 Å². The number of methoxy groups -OCH3 is 1. The van der Waals surface area contributed by atoms with Gasteiger partial charge in [0.1, 0.15) is 30.2 Å². The lowest BCUT2D eigenvalue weighted by atomic mass is 9.99. The predicted molar refractivity (Wildman–Crippen MR) is 103 cm³/mol. The van der Waals surface area contributed by atoms with E-state index in [1.165, 1.54) is 0 Å². The lowest BCUT2D eigenvalue weighted by molar-refractivity contribution is -0.308.